The SMILES string of the molecule is Cn1cc(-c2ccc(S(C)(=O)=O)cc2)c(C2CCC(F)(F)CC2C(=O)NC2(N)CC2)n1. The topological polar surface area (TPSA) is 107 Å². The third kappa shape index (κ3) is 4.64. The summed E-state index contributed by atoms with van der Waals surface area (Å²) in [6.45, 7) is 0. The number of carbonyl (C=O) groups excluding carboxylic acids is 1. The fourth-order valence-electron chi connectivity index (χ4n) is 4.22. The highest BCUT2D eigenvalue weighted by atomic mass is 32.2. The molecular weight excluding hydrogens is 426 g/mol. The van der Waals surface area contributed by atoms with Crippen LogP contribution >= 0.6 is 0 Å². The van der Waals surface area contributed by atoms with Crippen LogP contribution < -0.4 is 11.1 Å². The van der Waals surface area contributed by atoms with Crippen molar-refractivity contribution in [1.29, 1.82) is 0 Å². The van der Waals surface area contributed by atoms with Gasteiger partial charge in [0.25, 0.3) is 0 Å². The monoisotopic (exact) mass is 452 g/mol. The van der Waals surface area contributed by atoms with E-state index in [9.17, 15) is 22.0 Å². The molecule has 0 spiro atoms. The summed E-state index contributed by atoms with van der Waals surface area (Å²) in [6.07, 6.45) is 3.40. The number of nitrogens with zero attached hydrogens (tertiary/aromatic N) is 2. The zero-order chi connectivity index (χ0) is 22.6. The maximum atomic E-state index is 14.2. The first-order valence-corrected chi connectivity index (χ1v) is 12.1. The summed E-state index contributed by atoms with van der Waals surface area (Å²) in [5.41, 5.74) is 7.18. The van der Waals surface area contributed by atoms with Crippen LogP contribution in [0.3, 0.4) is 0 Å². The summed E-state index contributed by atoms with van der Waals surface area (Å²) in [6, 6.07) is 6.35. The third-order valence-electron chi connectivity index (χ3n) is 6.12. The Labute approximate surface area is 179 Å². The van der Waals surface area contributed by atoms with Gasteiger partial charge in [-0.25, -0.2) is 17.2 Å². The number of nitrogens with one attached hydrogen (secondary N) is 1. The van der Waals surface area contributed by atoms with Gasteiger partial charge in [0, 0.05) is 43.8 Å². The van der Waals surface area contributed by atoms with Gasteiger partial charge in [-0.3, -0.25) is 9.48 Å². The molecule has 2 atom stereocenters. The lowest BCUT2D eigenvalue weighted by Gasteiger charge is -2.35. The summed E-state index contributed by atoms with van der Waals surface area (Å²) >= 11 is 0. The van der Waals surface area contributed by atoms with E-state index in [1.165, 1.54) is 12.1 Å². The van der Waals surface area contributed by atoms with E-state index in [1.54, 1.807) is 30.1 Å². The summed E-state index contributed by atoms with van der Waals surface area (Å²) in [7, 11) is -1.61. The van der Waals surface area contributed by atoms with E-state index in [2.05, 4.69) is 10.4 Å². The average molecular weight is 453 g/mol. The molecule has 0 radical (unpaired) electrons. The predicted molar refractivity (Wildman–Crippen MR) is 111 cm³/mol. The van der Waals surface area contributed by atoms with Crippen molar-refractivity contribution in [2.24, 2.45) is 18.7 Å². The van der Waals surface area contributed by atoms with E-state index in [0.717, 1.165) is 6.26 Å². The fourth-order valence-corrected chi connectivity index (χ4v) is 4.85. The Bertz CT molecular complexity index is 1110. The first-order valence-electron chi connectivity index (χ1n) is 10.2. The highest BCUT2D eigenvalue weighted by Gasteiger charge is 2.49. The van der Waals surface area contributed by atoms with Gasteiger partial charge in [-0.05, 0) is 37.0 Å². The van der Waals surface area contributed by atoms with E-state index >= 15 is 0 Å². The zero-order valence-corrected chi connectivity index (χ0v) is 18.3. The number of carbonyl (C=O) groups is 1. The van der Waals surface area contributed by atoms with E-state index in [1.807, 2.05) is 0 Å². The molecule has 1 heterocycles. The standard InChI is InChI=1S/C21H26F2N4O3S/c1-27-12-17(13-3-5-14(6-4-13)31(2,29)30)18(26-27)15-7-8-20(22,23)11-16(15)19(28)25-21(24)9-10-21/h3-6,12,15-16H,7-11,24H2,1-2H3,(H,25,28). The number of alkyl halides is 2. The molecular formula is C21H26F2N4O3S. The van der Waals surface area contributed by atoms with Crippen LogP contribution in [0, 0.1) is 5.92 Å². The highest BCUT2D eigenvalue weighted by Crippen LogP contribution is 2.47. The number of hydrogen-bond acceptors (Lipinski definition) is 5. The summed E-state index contributed by atoms with van der Waals surface area (Å²) < 4.78 is 53.6. The van der Waals surface area contributed by atoms with E-state index in [-0.39, 0.29) is 17.7 Å². The first kappa shape index (κ1) is 21.9. The number of sulfone groups is 1. The number of halogens is 2. The molecule has 2 aliphatic carbocycles. The van der Waals surface area contributed by atoms with E-state index in [0.29, 0.717) is 29.7 Å². The molecule has 1 amide bonds. The summed E-state index contributed by atoms with van der Waals surface area (Å²) in [5, 5.41) is 7.25. The highest BCUT2D eigenvalue weighted by molar-refractivity contribution is 7.90. The molecule has 168 valence electrons. The first-order chi connectivity index (χ1) is 14.4. The largest absolute Gasteiger partial charge is 0.338 e. The number of amides is 1. The predicted octanol–water partition coefficient (Wildman–Crippen LogP) is 2.57. The molecule has 2 fully saturated rings. The lowest BCUT2D eigenvalue weighted by Crippen LogP contribution is -2.49. The molecule has 1 aromatic carbocycles. The van der Waals surface area contributed by atoms with Gasteiger partial charge in [-0.1, -0.05) is 12.1 Å². The number of aryl methyl sites for hydroxylation is 1. The van der Waals surface area contributed by atoms with Gasteiger partial charge in [-0.15, -0.1) is 0 Å². The minimum atomic E-state index is -3.34. The Morgan fingerprint density at radius 1 is 1.23 bits per heavy atom. The van der Waals surface area contributed by atoms with Crippen LogP contribution in [-0.2, 0) is 21.7 Å². The molecule has 2 unspecified atom stereocenters. The molecule has 2 aliphatic rings. The smallest absolute Gasteiger partial charge is 0.249 e. The summed E-state index contributed by atoms with van der Waals surface area (Å²) in [5.74, 6) is -4.83. The maximum absolute atomic E-state index is 14.2. The van der Waals surface area contributed by atoms with Crippen LogP contribution in [0.5, 0.6) is 0 Å². The molecule has 2 aromatic rings. The lowest BCUT2D eigenvalue weighted by atomic mass is 9.74. The molecule has 7 nitrogen and oxygen atoms in total. The quantitative estimate of drug-likeness (QED) is 0.678. The second kappa shape index (κ2) is 7.37. The average Bonchev–Trinajstić information content (AvgIpc) is 3.27. The summed E-state index contributed by atoms with van der Waals surface area (Å²) in [4.78, 5) is 13.1. The van der Waals surface area contributed by atoms with Crippen molar-refractivity contribution in [2.75, 3.05) is 6.26 Å². The van der Waals surface area contributed by atoms with Gasteiger partial charge in [0.1, 0.15) is 0 Å². The van der Waals surface area contributed by atoms with Crippen LogP contribution in [0.2, 0.25) is 0 Å². The van der Waals surface area contributed by atoms with Crippen LogP contribution in [0.15, 0.2) is 35.4 Å². The van der Waals surface area contributed by atoms with Crippen molar-refractivity contribution >= 4 is 15.7 Å². The van der Waals surface area contributed by atoms with Crippen LogP contribution in [0.1, 0.15) is 43.7 Å². The minimum absolute atomic E-state index is 0.119. The van der Waals surface area contributed by atoms with Crippen LogP contribution in [0.4, 0.5) is 8.78 Å². The van der Waals surface area contributed by atoms with Crippen molar-refractivity contribution in [3.63, 3.8) is 0 Å². The van der Waals surface area contributed by atoms with Crippen molar-refractivity contribution in [3.8, 4) is 11.1 Å². The molecule has 10 heteroatoms. The van der Waals surface area contributed by atoms with Crippen molar-refractivity contribution in [3.05, 3.63) is 36.2 Å². The molecule has 1 aromatic heterocycles. The number of benzene rings is 1. The fraction of sp³-hybridized carbons (Fsp3) is 0.524. The second-order valence-electron chi connectivity index (χ2n) is 8.86. The second-order valence-corrected chi connectivity index (χ2v) is 10.9. The normalized spacial score (nSPS) is 24.5. The molecule has 0 aliphatic heterocycles. The molecule has 31 heavy (non-hydrogen) atoms. The Balaban J connectivity index is 1.69. The van der Waals surface area contributed by atoms with Crippen molar-refractivity contribution in [1.82, 2.24) is 15.1 Å². The number of rotatable bonds is 5. The van der Waals surface area contributed by atoms with Gasteiger partial charge < -0.3 is 11.1 Å². The van der Waals surface area contributed by atoms with Crippen LogP contribution in [0.25, 0.3) is 11.1 Å². The molecule has 4 rings (SSSR count). The van der Waals surface area contributed by atoms with Crippen LogP contribution in [-0.4, -0.2) is 41.9 Å². The lowest BCUT2D eigenvalue weighted by molar-refractivity contribution is -0.134. The Morgan fingerprint density at radius 2 is 1.87 bits per heavy atom. The van der Waals surface area contributed by atoms with Gasteiger partial charge in [0.05, 0.1) is 22.2 Å². The Kier molecular flexibility index (Phi) is 5.20. The van der Waals surface area contributed by atoms with Gasteiger partial charge in [0.2, 0.25) is 11.8 Å². The third-order valence-corrected chi connectivity index (χ3v) is 7.25. The van der Waals surface area contributed by atoms with Gasteiger partial charge in [-0.2, -0.15) is 5.10 Å². The molecule has 0 saturated heterocycles. The van der Waals surface area contributed by atoms with Gasteiger partial charge >= 0.3 is 0 Å². The van der Waals surface area contributed by atoms with E-state index < -0.39 is 45.6 Å². The molecule has 0 bridgehead atoms. The van der Waals surface area contributed by atoms with E-state index in [4.69, 9.17) is 5.73 Å². The maximum Gasteiger partial charge on any atom is 0.249 e. The van der Waals surface area contributed by atoms with Crippen molar-refractivity contribution in [2.45, 2.75) is 54.5 Å². The van der Waals surface area contributed by atoms with Crippen molar-refractivity contribution < 1.29 is 22.0 Å². The molecule has 3 N–H and O–H groups in total. The molecule has 2 saturated carbocycles. The Hall–Kier alpha value is -2.33. The number of nitrogens with two attached hydrogens (primary N) is 1. The zero-order valence-electron chi connectivity index (χ0n) is 17.4. The number of hydrogen-bond donors (Lipinski definition) is 2. The van der Waals surface area contributed by atoms with Gasteiger partial charge in [0.15, 0.2) is 9.84 Å². The minimum Gasteiger partial charge on any atom is -0.338 e. The Morgan fingerprint density at radius 3 is 2.45 bits per heavy atom. The number of aromatic nitrogens is 2.